The fourth-order valence-corrected chi connectivity index (χ4v) is 1.55. The number of anilines is 1. The van der Waals surface area contributed by atoms with Gasteiger partial charge in [0.05, 0.1) is 10.9 Å². The molecule has 0 spiro atoms. The molecule has 9 heteroatoms. The molecule has 0 saturated heterocycles. The molecule has 1 rings (SSSR count). The number of carboxylic acid groups (broad SMARTS) is 1. The van der Waals surface area contributed by atoms with E-state index in [1.165, 1.54) is 12.1 Å². The van der Waals surface area contributed by atoms with Crippen LogP contribution in [0.25, 0.3) is 0 Å². The summed E-state index contributed by atoms with van der Waals surface area (Å²) in [7, 11) is 0. The monoisotopic (exact) mass is 347 g/mol. The van der Waals surface area contributed by atoms with Crippen molar-refractivity contribution in [2.45, 2.75) is 12.5 Å². The molecule has 0 unspecified atom stereocenters. The number of rotatable bonds is 5. The van der Waals surface area contributed by atoms with Crippen molar-refractivity contribution in [2.24, 2.45) is 5.73 Å². The van der Waals surface area contributed by atoms with E-state index in [1.807, 2.05) is 5.32 Å². The van der Waals surface area contributed by atoms with Crippen LogP contribution >= 0.6 is 15.9 Å². The van der Waals surface area contributed by atoms with Crippen LogP contribution in [0.4, 0.5) is 14.9 Å². The summed E-state index contributed by atoms with van der Waals surface area (Å²) in [5, 5.41) is 13.1. The topological polar surface area (TPSA) is 122 Å². The van der Waals surface area contributed by atoms with E-state index in [-0.39, 0.29) is 10.2 Å². The SMILES string of the molecule is NC(=O)C[C@H](NC(=O)Nc1ccc(Br)c(F)c1)C(=O)O. The number of carbonyl (C=O) groups is 3. The van der Waals surface area contributed by atoms with Crippen LogP contribution in [0.2, 0.25) is 0 Å². The van der Waals surface area contributed by atoms with Crippen LogP contribution in [0.5, 0.6) is 0 Å². The molecule has 1 aromatic carbocycles. The lowest BCUT2D eigenvalue weighted by Gasteiger charge is -2.13. The lowest BCUT2D eigenvalue weighted by molar-refractivity contribution is -0.140. The van der Waals surface area contributed by atoms with E-state index in [2.05, 4.69) is 21.2 Å². The molecule has 0 aliphatic carbocycles. The van der Waals surface area contributed by atoms with Crippen molar-refractivity contribution in [1.82, 2.24) is 5.32 Å². The summed E-state index contributed by atoms with van der Waals surface area (Å²) in [4.78, 5) is 33.0. The van der Waals surface area contributed by atoms with Crippen LogP contribution in [-0.4, -0.2) is 29.1 Å². The van der Waals surface area contributed by atoms with Crippen LogP contribution in [-0.2, 0) is 9.59 Å². The number of hydrogen-bond acceptors (Lipinski definition) is 3. The number of hydrogen-bond donors (Lipinski definition) is 4. The number of nitrogens with one attached hydrogen (secondary N) is 2. The van der Waals surface area contributed by atoms with Crippen LogP contribution in [0.1, 0.15) is 6.42 Å². The van der Waals surface area contributed by atoms with Gasteiger partial charge in [0.25, 0.3) is 0 Å². The first-order valence-electron chi connectivity index (χ1n) is 5.33. The number of nitrogens with two attached hydrogens (primary N) is 1. The molecule has 1 atom stereocenters. The van der Waals surface area contributed by atoms with Gasteiger partial charge in [0, 0.05) is 5.69 Å². The van der Waals surface area contributed by atoms with Gasteiger partial charge in [0.1, 0.15) is 11.9 Å². The summed E-state index contributed by atoms with van der Waals surface area (Å²) in [5.41, 5.74) is 5.00. The Hall–Kier alpha value is -2.16. The Bertz CT molecular complexity index is 552. The molecule has 0 radical (unpaired) electrons. The highest BCUT2D eigenvalue weighted by Gasteiger charge is 2.22. The second-order valence-corrected chi connectivity index (χ2v) is 4.64. The minimum Gasteiger partial charge on any atom is -0.480 e. The summed E-state index contributed by atoms with van der Waals surface area (Å²) in [6, 6.07) is 1.50. The molecular formula is C11H11BrFN3O4. The second kappa shape index (κ2) is 6.85. The van der Waals surface area contributed by atoms with E-state index in [0.717, 1.165) is 6.07 Å². The van der Waals surface area contributed by atoms with Crippen molar-refractivity contribution in [3.05, 3.63) is 28.5 Å². The molecule has 7 nitrogen and oxygen atoms in total. The number of carboxylic acids is 1. The predicted molar refractivity (Wildman–Crippen MR) is 71.5 cm³/mol. The normalized spacial score (nSPS) is 11.5. The number of amides is 3. The summed E-state index contributed by atoms with van der Waals surface area (Å²) in [6.45, 7) is 0. The predicted octanol–water partition coefficient (Wildman–Crippen LogP) is 1.04. The molecule has 5 N–H and O–H groups in total. The minimum atomic E-state index is -1.45. The van der Waals surface area contributed by atoms with Gasteiger partial charge in [0.2, 0.25) is 5.91 Å². The average molecular weight is 348 g/mol. The van der Waals surface area contributed by atoms with Gasteiger partial charge in [-0.25, -0.2) is 14.0 Å². The lowest BCUT2D eigenvalue weighted by atomic mass is 10.2. The Morgan fingerprint density at radius 1 is 1.40 bits per heavy atom. The first-order valence-corrected chi connectivity index (χ1v) is 6.12. The number of aliphatic carboxylic acids is 1. The molecule has 0 aliphatic rings. The molecule has 0 fully saturated rings. The molecule has 1 aromatic rings. The number of urea groups is 1. The van der Waals surface area contributed by atoms with Crippen LogP contribution in [0.15, 0.2) is 22.7 Å². The van der Waals surface area contributed by atoms with Gasteiger partial charge in [0.15, 0.2) is 0 Å². The fourth-order valence-electron chi connectivity index (χ4n) is 1.30. The maximum Gasteiger partial charge on any atom is 0.326 e. The highest BCUT2D eigenvalue weighted by atomic mass is 79.9. The van der Waals surface area contributed by atoms with Crippen molar-refractivity contribution < 1.29 is 23.9 Å². The molecule has 3 amide bonds. The molecule has 0 saturated carbocycles. The average Bonchev–Trinajstić information content (AvgIpc) is 2.32. The van der Waals surface area contributed by atoms with Crippen molar-refractivity contribution in [3.63, 3.8) is 0 Å². The Kier molecular flexibility index (Phi) is 5.44. The van der Waals surface area contributed by atoms with Crippen LogP contribution < -0.4 is 16.4 Å². The molecule has 108 valence electrons. The van der Waals surface area contributed by atoms with Gasteiger partial charge in [-0.05, 0) is 34.1 Å². The standard InChI is InChI=1S/C11H11BrFN3O4/c12-6-2-1-5(3-7(6)13)15-11(20)16-8(10(18)19)4-9(14)17/h1-3,8H,4H2,(H2,14,17)(H,18,19)(H2,15,16,20)/t8-/m0/s1. The maximum atomic E-state index is 13.2. The van der Waals surface area contributed by atoms with Gasteiger partial charge in [-0.3, -0.25) is 4.79 Å². The van der Waals surface area contributed by atoms with Gasteiger partial charge in [-0.15, -0.1) is 0 Å². The Labute approximate surface area is 121 Å². The third-order valence-corrected chi connectivity index (χ3v) is 2.83. The number of primary amides is 1. The van der Waals surface area contributed by atoms with E-state index in [1.54, 1.807) is 0 Å². The second-order valence-electron chi connectivity index (χ2n) is 3.79. The molecule has 0 heterocycles. The molecular weight excluding hydrogens is 337 g/mol. The van der Waals surface area contributed by atoms with Gasteiger partial charge >= 0.3 is 12.0 Å². The van der Waals surface area contributed by atoms with E-state index >= 15 is 0 Å². The fraction of sp³-hybridized carbons (Fsp3) is 0.182. The summed E-state index contributed by atoms with van der Waals surface area (Å²) in [5.74, 6) is -2.86. The Morgan fingerprint density at radius 2 is 2.05 bits per heavy atom. The Morgan fingerprint density at radius 3 is 2.55 bits per heavy atom. The van der Waals surface area contributed by atoms with Crippen molar-refractivity contribution >= 4 is 39.5 Å². The number of halogens is 2. The summed E-state index contributed by atoms with van der Waals surface area (Å²) < 4.78 is 13.4. The summed E-state index contributed by atoms with van der Waals surface area (Å²) >= 11 is 2.95. The van der Waals surface area contributed by atoms with Crippen molar-refractivity contribution in [1.29, 1.82) is 0 Å². The largest absolute Gasteiger partial charge is 0.480 e. The van der Waals surface area contributed by atoms with Crippen molar-refractivity contribution in [2.75, 3.05) is 5.32 Å². The van der Waals surface area contributed by atoms with E-state index in [4.69, 9.17) is 10.8 Å². The van der Waals surface area contributed by atoms with Crippen molar-refractivity contribution in [3.8, 4) is 0 Å². The third-order valence-electron chi connectivity index (χ3n) is 2.19. The van der Waals surface area contributed by atoms with Crippen LogP contribution in [0.3, 0.4) is 0 Å². The van der Waals surface area contributed by atoms with Gasteiger partial charge in [-0.2, -0.15) is 0 Å². The van der Waals surface area contributed by atoms with Crippen LogP contribution in [0, 0.1) is 5.82 Å². The first-order chi connectivity index (χ1) is 9.29. The zero-order chi connectivity index (χ0) is 15.3. The zero-order valence-electron chi connectivity index (χ0n) is 10.0. The zero-order valence-corrected chi connectivity index (χ0v) is 11.6. The lowest BCUT2D eigenvalue weighted by Crippen LogP contribution is -2.45. The molecule has 0 bridgehead atoms. The van der Waals surface area contributed by atoms with E-state index in [9.17, 15) is 18.8 Å². The number of carbonyl (C=O) groups excluding carboxylic acids is 2. The Balaban J connectivity index is 2.67. The molecule has 0 aromatic heterocycles. The smallest absolute Gasteiger partial charge is 0.326 e. The van der Waals surface area contributed by atoms with Gasteiger partial charge < -0.3 is 21.5 Å². The van der Waals surface area contributed by atoms with E-state index in [0.29, 0.717) is 0 Å². The highest BCUT2D eigenvalue weighted by Crippen LogP contribution is 2.19. The quantitative estimate of drug-likeness (QED) is 0.635. The highest BCUT2D eigenvalue weighted by molar-refractivity contribution is 9.10. The summed E-state index contributed by atoms with van der Waals surface area (Å²) in [6.07, 6.45) is -0.544. The number of benzene rings is 1. The molecule has 20 heavy (non-hydrogen) atoms. The maximum absolute atomic E-state index is 13.2. The van der Waals surface area contributed by atoms with Gasteiger partial charge in [-0.1, -0.05) is 0 Å². The first kappa shape index (κ1) is 15.9. The molecule has 0 aliphatic heterocycles. The third kappa shape index (κ3) is 4.84. The van der Waals surface area contributed by atoms with E-state index < -0.39 is 36.2 Å². The minimum absolute atomic E-state index is 0.131.